The molecule has 2 aromatic carbocycles. The third-order valence-corrected chi connectivity index (χ3v) is 5.63. The molecule has 34 heavy (non-hydrogen) atoms. The van der Waals surface area contributed by atoms with Crippen LogP contribution in [0.5, 0.6) is 0 Å². The van der Waals surface area contributed by atoms with Gasteiger partial charge in [-0.2, -0.15) is 5.10 Å². The third-order valence-electron chi connectivity index (χ3n) is 5.63. The lowest BCUT2D eigenvalue weighted by Gasteiger charge is -2.11. The molecular weight excluding hydrogens is 432 g/mol. The fourth-order valence-electron chi connectivity index (χ4n) is 3.93. The maximum Gasteiger partial charge on any atom is 0.290 e. The first-order valence-corrected chi connectivity index (χ1v) is 11.2. The van der Waals surface area contributed by atoms with E-state index in [1.165, 1.54) is 4.68 Å². The molecule has 176 valence electrons. The van der Waals surface area contributed by atoms with Crippen LogP contribution in [0.1, 0.15) is 34.2 Å². The van der Waals surface area contributed by atoms with Gasteiger partial charge in [0.05, 0.1) is 10.9 Å². The Labute approximate surface area is 196 Å². The van der Waals surface area contributed by atoms with Gasteiger partial charge in [0.1, 0.15) is 0 Å². The van der Waals surface area contributed by atoms with E-state index in [0.29, 0.717) is 29.3 Å². The second kappa shape index (κ2) is 9.88. The second-order valence-corrected chi connectivity index (χ2v) is 8.39. The Kier molecular flexibility index (Phi) is 6.74. The van der Waals surface area contributed by atoms with Crippen LogP contribution in [0.2, 0.25) is 0 Å². The van der Waals surface area contributed by atoms with Crippen LogP contribution in [-0.2, 0) is 13.1 Å². The van der Waals surface area contributed by atoms with E-state index >= 15 is 0 Å². The molecule has 2 aromatic heterocycles. The van der Waals surface area contributed by atoms with E-state index < -0.39 is 11.8 Å². The number of amides is 2. The number of likely N-dealkylation sites (N-methyl/N-ethyl adjacent to an activating group) is 1. The Balaban J connectivity index is 1.59. The van der Waals surface area contributed by atoms with Gasteiger partial charge in [-0.15, -0.1) is 0 Å². The van der Waals surface area contributed by atoms with Crippen molar-refractivity contribution >= 4 is 33.5 Å². The molecule has 0 saturated carbocycles. The molecule has 9 heteroatoms. The average Bonchev–Trinajstić information content (AvgIpc) is 3.22. The lowest BCUT2D eigenvalue weighted by Crippen LogP contribution is -2.42. The molecule has 0 aliphatic heterocycles. The van der Waals surface area contributed by atoms with Crippen molar-refractivity contribution in [1.29, 1.82) is 0 Å². The standard InChI is InChI=1S/C25H28N6O3/c1-4-13-31-25(34)19-11-6-5-10-18(19)22(28-31)24(33)27-26-23(32)20-16-30(15-14-29(2)3)21-12-8-7-9-17(20)21/h5-12,16H,4,13-15H2,1-3H3,(H,26,32)(H,27,33). The predicted octanol–water partition coefficient (Wildman–Crippen LogP) is 2.40. The van der Waals surface area contributed by atoms with Crippen molar-refractivity contribution in [2.24, 2.45) is 0 Å². The van der Waals surface area contributed by atoms with Crippen molar-refractivity contribution in [3.05, 3.63) is 76.3 Å². The van der Waals surface area contributed by atoms with Crippen LogP contribution in [0.25, 0.3) is 21.7 Å². The smallest absolute Gasteiger partial charge is 0.290 e. The summed E-state index contributed by atoms with van der Waals surface area (Å²) in [5.74, 6) is -1.02. The van der Waals surface area contributed by atoms with E-state index in [-0.39, 0.29) is 11.3 Å². The summed E-state index contributed by atoms with van der Waals surface area (Å²) >= 11 is 0. The zero-order valence-corrected chi connectivity index (χ0v) is 19.5. The van der Waals surface area contributed by atoms with Crippen LogP contribution in [0.4, 0.5) is 0 Å². The van der Waals surface area contributed by atoms with E-state index in [1.807, 2.05) is 49.9 Å². The molecule has 0 bridgehead atoms. The quantitative estimate of drug-likeness (QED) is 0.413. The number of rotatable bonds is 7. The number of nitrogens with zero attached hydrogens (tertiary/aromatic N) is 4. The van der Waals surface area contributed by atoms with Gasteiger partial charge in [0.2, 0.25) is 0 Å². The highest BCUT2D eigenvalue weighted by Crippen LogP contribution is 2.21. The Morgan fingerprint density at radius 3 is 2.26 bits per heavy atom. The van der Waals surface area contributed by atoms with E-state index in [4.69, 9.17) is 0 Å². The van der Waals surface area contributed by atoms with Gasteiger partial charge in [-0.05, 0) is 32.6 Å². The van der Waals surface area contributed by atoms with E-state index in [1.54, 1.807) is 30.5 Å². The van der Waals surface area contributed by atoms with Crippen LogP contribution in [0.3, 0.4) is 0 Å². The van der Waals surface area contributed by atoms with Crippen molar-refractivity contribution in [2.75, 3.05) is 20.6 Å². The molecule has 2 N–H and O–H groups in total. The summed E-state index contributed by atoms with van der Waals surface area (Å²) in [6.07, 6.45) is 2.49. The number of aromatic nitrogens is 3. The second-order valence-electron chi connectivity index (χ2n) is 8.39. The van der Waals surface area contributed by atoms with Gasteiger partial charge in [0.25, 0.3) is 17.4 Å². The van der Waals surface area contributed by atoms with E-state index in [2.05, 4.69) is 20.9 Å². The number of nitrogens with one attached hydrogen (secondary N) is 2. The van der Waals surface area contributed by atoms with Gasteiger partial charge >= 0.3 is 0 Å². The minimum absolute atomic E-state index is 0.0809. The first-order valence-electron chi connectivity index (χ1n) is 11.2. The fourth-order valence-corrected chi connectivity index (χ4v) is 3.93. The number of benzene rings is 2. The number of hydrogen-bond acceptors (Lipinski definition) is 5. The minimum atomic E-state index is -0.592. The Morgan fingerprint density at radius 1 is 0.912 bits per heavy atom. The molecule has 9 nitrogen and oxygen atoms in total. The number of hydrazine groups is 1. The predicted molar refractivity (Wildman–Crippen MR) is 132 cm³/mol. The molecular formula is C25H28N6O3. The maximum absolute atomic E-state index is 13.0. The first-order chi connectivity index (χ1) is 16.4. The molecule has 4 aromatic rings. The summed E-state index contributed by atoms with van der Waals surface area (Å²) in [4.78, 5) is 40.7. The number of para-hydroxylation sites is 1. The number of aryl methyl sites for hydroxylation is 1. The molecule has 0 unspecified atom stereocenters. The van der Waals surface area contributed by atoms with Crippen molar-refractivity contribution in [3.63, 3.8) is 0 Å². The van der Waals surface area contributed by atoms with Crippen molar-refractivity contribution in [3.8, 4) is 0 Å². The van der Waals surface area contributed by atoms with Crippen molar-refractivity contribution < 1.29 is 9.59 Å². The van der Waals surface area contributed by atoms with Gasteiger partial charge in [0.15, 0.2) is 5.69 Å². The molecule has 2 amide bonds. The molecule has 0 atom stereocenters. The van der Waals surface area contributed by atoms with E-state index in [0.717, 1.165) is 24.0 Å². The summed E-state index contributed by atoms with van der Waals surface area (Å²) in [6.45, 7) is 3.87. The summed E-state index contributed by atoms with van der Waals surface area (Å²) in [5, 5.41) is 5.91. The highest BCUT2D eigenvalue weighted by Gasteiger charge is 2.19. The highest BCUT2D eigenvalue weighted by atomic mass is 16.2. The summed E-state index contributed by atoms with van der Waals surface area (Å²) in [5.41, 5.74) is 6.22. The molecule has 0 saturated heterocycles. The zero-order valence-electron chi connectivity index (χ0n) is 19.5. The molecule has 0 radical (unpaired) electrons. The first kappa shape index (κ1) is 23.2. The SMILES string of the molecule is CCCn1nc(C(=O)NNC(=O)c2cn(CCN(C)C)c3ccccc23)c2ccccc2c1=O. The lowest BCUT2D eigenvalue weighted by atomic mass is 10.1. The molecule has 0 aliphatic rings. The number of carbonyl (C=O) groups excluding carboxylic acids is 2. The third kappa shape index (κ3) is 4.55. The van der Waals surface area contributed by atoms with Crippen LogP contribution >= 0.6 is 0 Å². The van der Waals surface area contributed by atoms with Crippen LogP contribution in [0, 0.1) is 0 Å². The normalized spacial score (nSPS) is 11.3. The lowest BCUT2D eigenvalue weighted by molar-refractivity contribution is 0.0844. The molecule has 0 fully saturated rings. The largest absolute Gasteiger partial charge is 0.345 e. The number of fused-ring (bicyclic) bond motifs is 2. The Bertz CT molecular complexity index is 1420. The summed E-state index contributed by atoms with van der Waals surface area (Å²) < 4.78 is 3.32. The van der Waals surface area contributed by atoms with Crippen molar-refractivity contribution in [1.82, 2.24) is 30.1 Å². The Hall–Kier alpha value is -3.98. The highest BCUT2D eigenvalue weighted by molar-refractivity contribution is 6.09. The average molecular weight is 461 g/mol. The van der Waals surface area contributed by atoms with Gasteiger partial charge in [-0.3, -0.25) is 25.2 Å². The van der Waals surface area contributed by atoms with Crippen molar-refractivity contribution in [2.45, 2.75) is 26.4 Å². The minimum Gasteiger partial charge on any atom is -0.345 e. The Morgan fingerprint density at radius 2 is 1.56 bits per heavy atom. The van der Waals surface area contributed by atoms with Gasteiger partial charge in [-0.1, -0.05) is 43.3 Å². The number of carbonyl (C=O) groups is 2. The molecule has 2 heterocycles. The molecule has 0 spiro atoms. The zero-order chi connectivity index (χ0) is 24.2. The van der Waals surface area contributed by atoms with Crippen LogP contribution < -0.4 is 16.4 Å². The molecule has 4 rings (SSSR count). The van der Waals surface area contributed by atoms with Gasteiger partial charge in [-0.25, -0.2) is 4.68 Å². The summed E-state index contributed by atoms with van der Waals surface area (Å²) in [6, 6.07) is 14.5. The fraction of sp³-hybridized carbons (Fsp3) is 0.280. The van der Waals surface area contributed by atoms with Crippen LogP contribution in [0.15, 0.2) is 59.5 Å². The topological polar surface area (TPSA) is 101 Å². The van der Waals surface area contributed by atoms with Gasteiger partial charge < -0.3 is 9.47 Å². The van der Waals surface area contributed by atoms with E-state index in [9.17, 15) is 14.4 Å². The monoisotopic (exact) mass is 460 g/mol. The molecule has 0 aliphatic carbocycles. The number of hydrogen-bond donors (Lipinski definition) is 2. The maximum atomic E-state index is 13.0. The summed E-state index contributed by atoms with van der Waals surface area (Å²) in [7, 11) is 3.99. The van der Waals surface area contributed by atoms with Gasteiger partial charge in [0, 0.05) is 42.1 Å². The van der Waals surface area contributed by atoms with Crippen LogP contribution in [-0.4, -0.2) is 51.7 Å².